The Bertz CT molecular complexity index is 685. The number of hydrogen-bond donors (Lipinski definition) is 1. The third kappa shape index (κ3) is 3.08. The van der Waals surface area contributed by atoms with E-state index in [0.29, 0.717) is 12.1 Å². The van der Waals surface area contributed by atoms with Gasteiger partial charge in [0.1, 0.15) is 5.15 Å². The number of carbonyl (C=O) groups is 1. The van der Waals surface area contributed by atoms with Crippen LogP contribution >= 0.6 is 11.6 Å². The van der Waals surface area contributed by atoms with Crippen molar-refractivity contribution in [2.24, 2.45) is 7.05 Å². The van der Waals surface area contributed by atoms with E-state index in [1.54, 1.807) is 14.0 Å². The Morgan fingerprint density at radius 2 is 2.18 bits per heavy atom. The average molecular weight is 334 g/mol. The van der Waals surface area contributed by atoms with Crippen LogP contribution in [0.15, 0.2) is 4.52 Å². The fourth-order valence-electron chi connectivity index (χ4n) is 1.87. The molecule has 2 rings (SSSR count). The fraction of sp³-hybridized carbons (Fsp3) is 0.500. The number of alkyl halides is 2. The summed E-state index contributed by atoms with van der Waals surface area (Å²) in [7, 11) is 1.62. The van der Waals surface area contributed by atoms with Crippen LogP contribution in [0.5, 0.6) is 0 Å². The van der Waals surface area contributed by atoms with Crippen LogP contribution in [0.4, 0.5) is 8.78 Å². The summed E-state index contributed by atoms with van der Waals surface area (Å²) in [6, 6.07) is -0.718. The van der Waals surface area contributed by atoms with Crippen LogP contribution in [0.3, 0.4) is 0 Å². The van der Waals surface area contributed by atoms with Crippen molar-refractivity contribution < 1.29 is 18.1 Å². The molecule has 0 aromatic carbocycles. The molecule has 1 N–H and O–H groups in total. The molecule has 2 aromatic rings. The molecule has 0 aliphatic rings. The van der Waals surface area contributed by atoms with Gasteiger partial charge in [-0.3, -0.25) is 9.48 Å². The van der Waals surface area contributed by atoms with Gasteiger partial charge in [0.25, 0.3) is 11.8 Å². The molecule has 22 heavy (non-hydrogen) atoms. The highest BCUT2D eigenvalue weighted by Crippen LogP contribution is 2.22. The van der Waals surface area contributed by atoms with E-state index in [9.17, 15) is 13.6 Å². The second-order valence-electron chi connectivity index (χ2n) is 4.58. The number of halogens is 3. The maximum Gasteiger partial charge on any atom is 0.315 e. The minimum Gasteiger partial charge on any atom is -0.342 e. The molecule has 2 heterocycles. The lowest BCUT2D eigenvalue weighted by Gasteiger charge is -2.10. The second-order valence-corrected chi connectivity index (χ2v) is 4.93. The van der Waals surface area contributed by atoms with Crippen LogP contribution in [-0.2, 0) is 13.5 Å². The topological polar surface area (TPSA) is 85.8 Å². The summed E-state index contributed by atoms with van der Waals surface area (Å²) < 4.78 is 30.6. The van der Waals surface area contributed by atoms with Crippen molar-refractivity contribution in [1.29, 1.82) is 0 Å². The first-order valence-electron chi connectivity index (χ1n) is 6.49. The Balaban J connectivity index is 2.17. The molecule has 0 fully saturated rings. The lowest BCUT2D eigenvalue weighted by atomic mass is 10.2. The van der Waals surface area contributed by atoms with Gasteiger partial charge in [-0.25, -0.2) is 0 Å². The number of amides is 1. The predicted molar refractivity (Wildman–Crippen MR) is 72.7 cm³/mol. The lowest BCUT2D eigenvalue weighted by Crippen LogP contribution is -2.28. The first-order valence-corrected chi connectivity index (χ1v) is 6.86. The van der Waals surface area contributed by atoms with Gasteiger partial charge in [-0.05, 0) is 13.3 Å². The zero-order valence-corrected chi connectivity index (χ0v) is 12.9. The number of hydrogen-bond acceptors (Lipinski definition) is 5. The summed E-state index contributed by atoms with van der Waals surface area (Å²) in [5, 5.41) is 10.3. The summed E-state index contributed by atoms with van der Waals surface area (Å²) in [5.74, 6) is -1.31. The molecule has 120 valence electrons. The highest BCUT2D eigenvalue weighted by Gasteiger charge is 2.25. The van der Waals surface area contributed by atoms with Gasteiger partial charge >= 0.3 is 6.43 Å². The Kier molecular flexibility index (Phi) is 4.74. The van der Waals surface area contributed by atoms with E-state index in [0.717, 1.165) is 0 Å². The van der Waals surface area contributed by atoms with Crippen LogP contribution in [0.2, 0.25) is 5.15 Å². The minimum atomic E-state index is -2.86. The van der Waals surface area contributed by atoms with Crippen LogP contribution in [0.25, 0.3) is 0 Å². The van der Waals surface area contributed by atoms with E-state index >= 15 is 0 Å². The highest BCUT2D eigenvalue weighted by molar-refractivity contribution is 6.33. The van der Waals surface area contributed by atoms with Gasteiger partial charge in [-0.15, -0.1) is 0 Å². The fourth-order valence-corrected chi connectivity index (χ4v) is 2.11. The smallest absolute Gasteiger partial charge is 0.315 e. The molecule has 0 saturated heterocycles. The highest BCUT2D eigenvalue weighted by atomic mass is 35.5. The number of carbonyl (C=O) groups excluding carboxylic acids is 1. The van der Waals surface area contributed by atoms with Crippen molar-refractivity contribution in [3.05, 3.63) is 28.1 Å². The van der Waals surface area contributed by atoms with Crippen molar-refractivity contribution in [1.82, 2.24) is 25.2 Å². The molecular formula is C12H14ClF2N5O2. The molecule has 0 bridgehead atoms. The Morgan fingerprint density at radius 1 is 1.50 bits per heavy atom. The van der Waals surface area contributed by atoms with Crippen molar-refractivity contribution >= 4 is 17.5 Å². The summed E-state index contributed by atoms with van der Waals surface area (Å²) in [6.07, 6.45) is -2.33. The monoisotopic (exact) mass is 333 g/mol. The van der Waals surface area contributed by atoms with Gasteiger partial charge < -0.3 is 9.84 Å². The molecule has 0 aliphatic carbocycles. The molecular weight excluding hydrogens is 320 g/mol. The molecule has 2 aromatic heterocycles. The molecule has 10 heteroatoms. The van der Waals surface area contributed by atoms with Crippen LogP contribution in [0.1, 0.15) is 54.1 Å². The Labute approximate surface area is 129 Å². The van der Waals surface area contributed by atoms with Crippen molar-refractivity contribution in [3.8, 4) is 0 Å². The standard InChI is InChI=1S/C12H14ClF2N5O2/c1-4-6-7(8(13)20(3)18-6)11(21)16-5(2)10-17-12(9(14)15)22-19-10/h5,9H,4H2,1-3H3,(H,16,21). The SMILES string of the molecule is CCc1nn(C)c(Cl)c1C(=O)NC(C)c1noc(C(F)F)n1. The van der Waals surface area contributed by atoms with Crippen molar-refractivity contribution in [2.75, 3.05) is 0 Å². The lowest BCUT2D eigenvalue weighted by molar-refractivity contribution is 0.0936. The van der Waals surface area contributed by atoms with E-state index in [4.69, 9.17) is 11.6 Å². The van der Waals surface area contributed by atoms with Gasteiger partial charge in [0, 0.05) is 7.05 Å². The van der Waals surface area contributed by atoms with E-state index in [1.807, 2.05) is 6.92 Å². The zero-order valence-electron chi connectivity index (χ0n) is 12.1. The second kappa shape index (κ2) is 6.39. The average Bonchev–Trinajstić information content (AvgIpc) is 3.05. The summed E-state index contributed by atoms with van der Waals surface area (Å²) in [5.41, 5.74) is 0.787. The molecule has 0 spiro atoms. The minimum absolute atomic E-state index is 0.0401. The van der Waals surface area contributed by atoms with Crippen molar-refractivity contribution in [3.63, 3.8) is 0 Å². The van der Waals surface area contributed by atoms with E-state index in [2.05, 4.69) is 25.1 Å². The van der Waals surface area contributed by atoms with Gasteiger partial charge in [0.05, 0.1) is 17.3 Å². The maximum atomic E-state index is 12.4. The van der Waals surface area contributed by atoms with E-state index in [-0.39, 0.29) is 16.5 Å². The van der Waals surface area contributed by atoms with Gasteiger partial charge in [0.15, 0.2) is 5.82 Å². The molecule has 1 atom stereocenters. The normalized spacial score (nSPS) is 12.7. The number of aromatic nitrogens is 4. The quantitative estimate of drug-likeness (QED) is 0.908. The van der Waals surface area contributed by atoms with E-state index < -0.39 is 24.3 Å². The molecule has 0 saturated carbocycles. The molecule has 0 aliphatic heterocycles. The summed E-state index contributed by atoms with van der Waals surface area (Å²) in [6.45, 7) is 3.39. The third-order valence-electron chi connectivity index (χ3n) is 2.99. The van der Waals surface area contributed by atoms with Crippen LogP contribution in [0, 0.1) is 0 Å². The van der Waals surface area contributed by atoms with Crippen molar-refractivity contribution in [2.45, 2.75) is 32.7 Å². The molecule has 1 unspecified atom stereocenters. The van der Waals surface area contributed by atoms with Gasteiger partial charge in [-0.2, -0.15) is 18.9 Å². The third-order valence-corrected chi connectivity index (χ3v) is 3.42. The first kappa shape index (κ1) is 16.3. The molecule has 1 amide bonds. The van der Waals surface area contributed by atoms with E-state index in [1.165, 1.54) is 4.68 Å². The van der Waals surface area contributed by atoms with Gasteiger partial charge in [0.2, 0.25) is 0 Å². The number of aryl methyl sites for hydroxylation is 2. The largest absolute Gasteiger partial charge is 0.342 e. The maximum absolute atomic E-state index is 12.4. The Morgan fingerprint density at radius 3 is 2.73 bits per heavy atom. The van der Waals surface area contributed by atoms with Crippen LogP contribution < -0.4 is 5.32 Å². The predicted octanol–water partition coefficient (Wildman–Crippen LogP) is 2.45. The number of nitrogens with zero attached hydrogens (tertiary/aromatic N) is 4. The molecule has 0 radical (unpaired) electrons. The summed E-state index contributed by atoms with van der Waals surface area (Å²) >= 11 is 6.05. The van der Waals surface area contributed by atoms with Crippen LogP contribution in [-0.4, -0.2) is 25.8 Å². The number of rotatable bonds is 5. The van der Waals surface area contributed by atoms with Gasteiger partial charge in [-0.1, -0.05) is 23.7 Å². The number of nitrogens with one attached hydrogen (secondary N) is 1. The summed E-state index contributed by atoms with van der Waals surface area (Å²) in [4.78, 5) is 15.8. The molecule has 7 nitrogen and oxygen atoms in total. The first-order chi connectivity index (χ1) is 10.3. The Hall–Kier alpha value is -2.03. The zero-order chi connectivity index (χ0) is 16.4.